The van der Waals surface area contributed by atoms with E-state index in [4.69, 9.17) is 0 Å². The third-order valence-corrected chi connectivity index (χ3v) is 4.88. The molecular weight excluding hydrogens is 248 g/mol. The van der Waals surface area contributed by atoms with Crippen molar-refractivity contribution in [3.05, 3.63) is 35.0 Å². The molecule has 3 heteroatoms. The summed E-state index contributed by atoms with van der Waals surface area (Å²) in [5.41, 5.74) is 4.77. The molecule has 1 aliphatic heterocycles. The lowest BCUT2D eigenvalue weighted by molar-refractivity contribution is 0.0957. The summed E-state index contributed by atoms with van der Waals surface area (Å²) in [7, 11) is 0. The van der Waals surface area contributed by atoms with E-state index in [9.17, 15) is 4.79 Å². The van der Waals surface area contributed by atoms with Crippen molar-refractivity contribution in [1.82, 2.24) is 10.3 Å². The number of nitrogens with one attached hydrogen (secondary N) is 2. The number of rotatable bonds is 1. The van der Waals surface area contributed by atoms with E-state index >= 15 is 0 Å². The number of aromatic amines is 1. The number of hydrogen-bond donors (Lipinski definition) is 2. The number of hydrogen-bond acceptors (Lipinski definition) is 1. The maximum absolute atomic E-state index is 12.2. The van der Waals surface area contributed by atoms with Gasteiger partial charge in [0.25, 0.3) is 5.91 Å². The molecule has 20 heavy (non-hydrogen) atoms. The number of carbonyl (C=O) groups excluding carboxylic acids is 1. The molecule has 0 radical (unpaired) electrons. The van der Waals surface area contributed by atoms with Gasteiger partial charge in [0, 0.05) is 28.7 Å². The standard InChI is InChI=1S/C17H20N2O/c20-17-13-7-4-8-14-15(13)12(9-10-18-17)16(19-14)11-5-2-1-3-6-11/h4,7-8,11,19H,1-3,5-6,9-10H2,(H,18,20). The Morgan fingerprint density at radius 2 is 1.95 bits per heavy atom. The maximum Gasteiger partial charge on any atom is 0.251 e. The van der Waals surface area contributed by atoms with Gasteiger partial charge < -0.3 is 10.3 Å². The number of benzene rings is 1. The fourth-order valence-electron chi connectivity index (χ4n) is 3.92. The van der Waals surface area contributed by atoms with E-state index in [-0.39, 0.29) is 5.91 Å². The highest BCUT2D eigenvalue weighted by molar-refractivity contribution is 6.08. The molecule has 0 saturated heterocycles. The summed E-state index contributed by atoms with van der Waals surface area (Å²) in [5.74, 6) is 0.732. The van der Waals surface area contributed by atoms with Crippen molar-refractivity contribution in [3.63, 3.8) is 0 Å². The van der Waals surface area contributed by atoms with E-state index < -0.39 is 0 Å². The highest BCUT2D eigenvalue weighted by Gasteiger charge is 2.26. The normalized spacial score (nSPS) is 19.9. The zero-order chi connectivity index (χ0) is 13.5. The molecule has 1 aliphatic carbocycles. The maximum atomic E-state index is 12.2. The van der Waals surface area contributed by atoms with E-state index in [1.54, 1.807) is 0 Å². The smallest absolute Gasteiger partial charge is 0.251 e. The number of aromatic nitrogens is 1. The average Bonchev–Trinajstić information content (AvgIpc) is 2.78. The highest BCUT2D eigenvalue weighted by Crippen LogP contribution is 2.38. The van der Waals surface area contributed by atoms with Crippen LogP contribution in [0.25, 0.3) is 10.9 Å². The van der Waals surface area contributed by atoms with Gasteiger partial charge in [-0.25, -0.2) is 0 Å². The quantitative estimate of drug-likeness (QED) is 0.817. The lowest BCUT2D eigenvalue weighted by Crippen LogP contribution is -2.23. The van der Waals surface area contributed by atoms with Crippen molar-refractivity contribution in [1.29, 1.82) is 0 Å². The Hall–Kier alpha value is -1.77. The van der Waals surface area contributed by atoms with Crippen molar-refractivity contribution in [2.45, 2.75) is 44.4 Å². The largest absolute Gasteiger partial charge is 0.358 e. The van der Waals surface area contributed by atoms with E-state index in [1.165, 1.54) is 48.7 Å². The third-order valence-electron chi connectivity index (χ3n) is 4.88. The van der Waals surface area contributed by atoms with Gasteiger partial charge in [0.1, 0.15) is 0 Å². The first-order chi connectivity index (χ1) is 9.84. The van der Waals surface area contributed by atoms with E-state index in [0.29, 0.717) is 5.92 Å². The van der Waals surface area contributed by atoms with Crippen LogP contribution in [-0.4, -0.2) is 17.4 Å². The molecule has 1 aromatic heterocycles. The fraction of sp³-hybridized carbons (Fsp3) is 0.471. The van der Waals surface area contributed by atoms with Crippen molar-refractivity contribution >= 4 is 16.8 Å². The predicted octanol–water partition coefficient (Wildman–Crippen LogP) is 3.50. The second-order valence-corrected chi connectivity index (χ2v) is 6.09. The zero-order valence-electron chi connectivity index (χ0n) is 11.7. The molecule has 2 N–H and O–H groups in total. The molecular formula is C17H20N2O. The van der Waals surface area contributed by atoms with E-state index in [1.807, 2.05) is 12.1 Å². The summed E-state index contributed by atoms with van der Waals surface area (Å²) in [6.07, 6.45) is 7.58. The first-order valence-corrected chi connectivity index (χ1v) is 7.76. The van der Waals surface area contributed by atoms with Gasteiger partial charge in [0.15, 0.2) is 0 Å². The number of amides is 1. The summed E-state index contributed by atoms with van der Waals surface area (Å²) in [6, 6.07) is 6.03. The van der Waals surface area contributed by atoms with Crippen LogP contribution in [0.2, 0.25) is 0 Å². The number of H-pyrrole nitrogens is 1. The fourth-order valence-corrected chi connectivity index (χ4v) is 3.92. The molecule has 0 spiro atoms. The second kappa shape index (κ2) is 4.65. The van der Waals surface area contributed by atoms with Gasteiger partial charge in [0.05, 0.1) is 0 Å². The minimum absolute atomic E-state index is 0.0727. The van der Waals surface area contributed by atoms with Gasteiger partial charge in [-0.3, -0.25) is 4.79 Å². The van der Waals surface area contributed by atoms with Crippen LogP contribution in [0.3, 0.4) is 0 Å². The van der Waals surface area contributed by atoms with Gasteiger partial charge in [-0.05, 0) is 42.9 Å². The average molecular weight is 268 g/mol. The molecule has 0 atom stereocenters. The van der Waals surface area contributed by atoms with Gasteiger partial charge >= 0.3 is 0 Å². The Bertz CT molecular complexity index is 665. The Kier molecular flexibility index (Phi) is 2.79. The lowest BCUT2D eigenvalue weighted by atomic mass is 9.84. The van der Waals surface area contributed by atoms with E-state index in [0.717, 1.165) is 24.0 Å². The van der Waals surface area contributed by atoms with E-state index in [2.05, 4.69) is 16.4 Å². The van der Waals surface area contributed by atoms with Crippen LogP contribution >= 0.6 is 0 Å². The summed E-state index contributed by atoms with van der Waals surface area (Å²) in [4.78, 5) is 15.8. The molecule has 0 unspecified atom stereocenters. The van der Waals surface area contributed by atoms with Gasteiger partial charge in [-0.15, -0.1) is 0 Å². The minimum atomic E-state index is 0.0727. The SMILES string of the molecule is O=C1NCCc2c(C3CCCCC3)[nH]c3cccc1c23. The summed E-state index contributed by atoms with van der Waals surface area (Å²) >= 11 is 0. The monoisotopic (exact) mass is 268 g/mol. The molecule has 3 nitrogen and oxygen atoms in total. The van der Waals surface area contributed by atoms with Crippen molar-refractivity contribution in [3.8, 4) is 0 Å². The molecule has 2 aromatic rings. The second-order valence-electron chi connectivity index (χ2n) is 6.09. The molecule has 4 rings (SSSR count). The van der Waals surface area contributed by atoms with Crippen molar-refractivity contribution < 1.29 is 4.79 Å². The predicted molar refractivity (Wildman–Crippen MR) is 80.2 cm³/mol. The Labute approximate surface area is 118 Å². The Morgan fingerprint density at radius 3 is 2.80 bits per heavy atom. The topological polar surface area (TPSA) is 44.9 Å². The molecule has 2 aliphatic rings. The minimum Gasteiger partial charge on any atom is -0.358 e. The Balaban J connectivity index is 1.92. The number of carbonyl (C=O) groups is 1. The van der Waals surface area contributed by atoms with Crippen molar-refractivity contribution in [2.24, 2.45) is 0 Å². The first kappa shape index (κ1) is 12.0. The zero-order valence-corrected chi connectivity index (χ0v) is 11.7. The molecule has 1 fully saturated rings. The first-order valence-electron chi connectivity index (χ1n) is 7.76. The summed E-state index contributed by atoms with van der Waals surface area (Å²) in [6.45, 7) is 0.750. The van der Waals surface area contributed by atoms with Crippen molar-refractivity contribution in [2.75, 3.05) is 6.54 Å². The van der Waals surface area contributed by atoms with Crippen LogP contribution in [0, 0.1) is 0 Å². The molecule has 1 saturated carbocycles. The molecule has 2 heterocycles. The molecule has 104 valence electrons. The summed E-state index contributed by atoms with van der Waals surface area (Å²) in [5, 5.41) is 4.18. The van der Waals surface area contributed by atoms with Gasteiger partial charge in [-0.1, -0.05) is 25.3 Å². The van der Waals surface area contributed by atoms with Gasteiger partial charge in [0.2, 0.25) is 0 Å². The van der Waals surface area contributed by atoms with Crippen LogP contribution in [0.5, 0.6) is 0 Å². The van der Waals surface area contributed by atoms with Crippen LogP contribution in [0.15, 0.2) is 18.2 Å². The van der Waals surface area contributed by atoms with Gasteiger partial charge in [-0.2, -0.15) is 0 Å². The van der Waals surface area contributed by atoms with Crippen LogP contribution in [-0.2, 0) is 6.42 Å². The van der Waals surface area contributed by atoms with Crippen LogP contribution in [0.1, 0.15) is 59.6 Å². The van der Waals surface area contributed by atoms with Crippen LogP contribution in [0.4, 0.5) is 0 Å². The molecule has 0 bridgehead atoms. The highest BCUT2D eigenvalue weighted by atomic mass is 16.1. The lowest BCUT2D eigenvalue weighted by Gasteiger charge is -2.22. The summed E-state index contributed by atoms with van der Waals surface area (Å²) < 4.78 is 0. The Morgan fingerprint density at radius 1 is 1.10 bits per heavy atom. The third kappa shape index (κ3) is 1.76. The molecule has 1 amide bonds. The molecule has 1 aromatic carbocycles. The van der Waals surface area contributed by atoms with Crippen LogP contribution < -0.4 is 5.32 Å².